The second-order valence-corrected chi connectivity index (χ2v) is 4.68. The zero-order chi connectivity index (χ0) is 13.4. The van der Waals surface area contributed by atoms with Crippen LogP contribution in [0.1, 0.15) is 26.8 Å². The molecule has 6 heteroatoms. The van der Waals surface area contributed by atoms with E-state index in [-0.39, 0.29) is 17.5 Å². The van der Waals surface area contributed by atoms with Crippen LogP contribution in [-0.2, 0) is 0 Å². The maximum atomic E-state index is 11.7. The molecule has 0 aliphatic carbocycles. The number of hydrogen-bond acceptors (Lipinski definition) is 4. The number of H-pyrrole nitrogens is 1. The molecule has 2 aromatic heterocycles. The van der Waals surface area contributed by atoms with Gasteiger partial charge in [0.25, 0.3) is 5.56 Å². The minimum absolute atomic E-state index is 0.0173. The van der Waals surface area contributed by atoms with Gasteiger partial charge in [-0.05, 0) is 12.8 Å². The number of aromatic nitrogens is 4. The minimum atomic E-state index is -0.321. The summed E-state index contributed by atoms with van der Waals surface area (Å²) in [5.41, 5.74) is 7.08. The Kier molecular flexibility index (Phi) is 2.94. The van der Waals surface area contributed by atoms with Gasteiger partial charge in [0.15, 0.2) is 11.2 Å². The Morgan fingerprint density at radius 2 is 2.17 bits per heavy atom. The lowest BCUT2D eigenvalue weighted by Crippen LogP contribution is -2.15. The normalized spacial score (nSPS) is 13.1. The van der Waals surface area contributed by atoms with Crippen molar-refractivity contribution < 1.29 is 0 Å². The van der Waals surface area contributed by atoms with Gasteiger partial charge >= 0.3 is 0 Å². The van der Waals surface area contributed by atoms with Crippen molar-refractivity contribution in [2.75, 3.05) is 5.73 Å². The van der Waals surface area contributed by atoms with Gasteiger partial charge in [-0.2, -0.15) is 4.98 Å². The highest BCUT2D eigenvalue weighted by Crippen LogP contribution is 2.24. The first kappa shape index (κ1) is 12.3. The fourth-order valence-corrected chi connectivity index (χ4v) is 1.89. The Hall–Kier alpha value is -2.11. The number of allylic oxidation sites excluding steroid dienone is 1. The fourth-order valence-electron chi connectivity index (χ4n) is 1.89. The number of nitrogens with zero attached hydrogens (tertiary/aromatic N) is 3. The SMILES string of the molecule is C=C(C(C)C)[C@H](C)n1cnc2c(=O)[nH]c(N)nc21. The molecule has 1 atom stereocenters. The lowest BCUT2D eigenvalue weighted by molar-refractivity contribution is 0.567. The van der Waals surface area contributed by atoms with Crippen LogP contribution in [0.25, 0.3) is 11.2 Å². The van der Waals surface area contributed by atoms with E-state index in [1.165, 1.54) is 0 Å². The molecule has 2 heterocycles. The maximum absolute atomic E-state index is 11.7. The summed E-state index contributed by atoms with van der Waals surface area (Å²) in [4.78, 5) is 22.3. The molecule has 2 aromatic rings. The highest BCUT2D eigenvalue weighted by molar-refractivity contribution is 5.70. The van der Waals surface area contributed by atoms with Crippen LogP contribution in [0.2, 0.25) is 0 Å². The molecule has 3 N–H and O–H groups in total. The molecule has 2 rings (SSSR count). The van der Waals surface area contributed by atoms with Crippen molar-refractivity contribution in [2.24, 2.45) is 5.92 Å². The van der Waals surface area contributed by atoms with E-state index in [1.54, 1.807) is 6.33 Å². The molecule has 0 saturated carbocycles. The zero-order valence-corrected chi connectivity index (χ0v) is 10.8. The first-order valence-electron chi connectivity index (χ1n) is 5.82. The van der Waals surface area contributed by atoms with Crippen molar-refractivity contribution >= 4 is 17.1 Å². The molecular weight excluding hydrogens is 230 g/mol. The second kappa shape index (κ2) is 4.29. The first-order chi connectivity index (χ1) is 8.41. The predicted octanol–water partition coefficient (Wildman–Crippen LogP) is 1.47. The van der Waals surface area contributed by atoms with Crippen molar-refractivity contribution in [1.29, 1.82) is 0 Å². The van der Waals surface area contributed by atoms with Gasteiger partial charge in [0, 0.05) is 0 Å². The van der Waals surface area contributed by atoms with Gasteiger partial charge in [0.1, 0.15) is 0 Å². The second-order valence-electron chi connectivity index (χ2n) is 4.68. The average Bonchev–Trinajstić information content (AvgIpc) is 2.70. The number of nitrogen functional groups attached to an aromatic ring is 1. The smallest absolute Gasteiger partial charge is 0.280 e. The summed E-state index contributed by atoms with van der Waals surface area (Å²) in [6.45, 7) is 10.2. The van der Waals surface area contributed by atoms with E-state index in [0.29, 0.717) is 17.1 Å². The highest BCUT2D eigenvalue weighted by atomic mass is 16.1. The van der Waals surface area contributed by atoms with E-state index in [2.05, 4.69) is 35.4 Å². The van der Waals surface area contributed by atoms with Gasteiger partial charge in [-0.1, -0.05) is 26.0 Å². The fraction of sp³-hybridized carbons (Fsp3) is 0.417. The Balaban J connectivity index is 2.59. The lowest BCUT2D eigenvalue weighted by atomic mass is 9.99. The molecule has 0 radical (unpaired) electrons. The third kappa shape index (κ3) is 1.90. The number of nitrogens with one attached hydrogen (secondary N) is 1. The third-order valence-electron chi connectivity index (χ3n) is 3.15. The van der Waals surface area contributed by atoms with Crippen molar-refractivity contribution in [3.63, 3.8) is 0 Å². The molecule has 0 aliphatic heterocycles. The van der Waals surface area contributed by atoms with Crippen LogP contribution in [0.4, 0.5) is 5.95 Å². The summed E-state index contributed by atoms with van der Waals surface area (Å²) in [5.74, 6) is 0.438. The summed E-state index contributed by atoms with van der Waals surface area (Å²) in [5, 5.41) is 0. The van der Waals surface area contributed by atoms with Crippen molar-refractivity contribution in [3.8, 4) is 0 Å². The monoisotopic (exact) mass is 247 g/mol. The standard InChI is InChI=1S/C12H17N5O/c1-6(2)7(3)8(4)17-5-14-9-10(17)15-12(13)16-11(9)18/h5-6,8H,3H2,1-2,4H3,(H3,13,15,16,18)/t8-/m0/s1. The topological polar surface area (TPSA) is 89.6 Å². The summed E-state index contributed by atoms with van der Waals surface area (Å²) in [6.07, 6.45) is 1.60. The lowest BCUT2D eigenvalue weighted by Gasteiger charge is -2.19. The maximum Gasteiger partial charge on any atom is 0.280 e. The quantitative estimate of drug-likeness (QED) is 0.804. The van der Waals surface area contributed by atoms with E-state index >= 15 is 0 Å². The van der Waals surface area contributed by atoms with E-state index in [0.717, 1.165) is 5.57 Å². The van der Waals surface area contributed by atoms with Crippen LogP contribution in [0.5, 0.6) is 0 Å². The molecule has 0 saturated heterocycles. The van der Waals surface area contributed by atoms with Gasteiger partial charge in [0.2, 0.25) is 5.95 Å². The number of anilines is 1. The van der Waals surface area contributed by atoms with Gasteiger partial charge < -0.3 is 10.3 Å². The molecular formula is C12H17N5O. The van der Waals surface area contributed by atoms with E-state index in [1.807, 2.05) is 11.5 Å². The molecule has 0 bridgehead atoms. The van der Waals surface area contributed by atoms with Crippen molar-refractivity contribution in [1.82, 2.24) is 19.5 Å². The molecule has 0 unspecified atom stereocenters. The van der Waals surface area contributed by atoms with Crippen LogP contribution in [0.3, 0.4) is 0 Å². The van der Waals surface area contributed by atoms with Crippen LogP contribution < -0.4 is 11.3 Å². The van der Waals surface area contributed by atoms with Crippen molar-refractivity contribution in [3.05, 3.63) is 28.8 Å². The van der Waals surface area contributed by atoms with Crippen LogP contribution in [0, 0.1) is 5.92 Å². The molecule has 18 heavy (non-hydrogen) atoms. The predicted molar refractivity (Wildman–Crippen MR) is 71.3 cm³/mol. The van der Waals surface area contributed by atoms with Gasteiger partial charge in [-0.15, -0.1) is 0 Å². The first-order valence-corrected chi connectivity index (χ1v) is 5.82. The molecule has 0 fully saturated rings. The largest absolute Gasteiger partial charge is 0.369 e. The summed E-state index contributed by atoms with van der Waals surface area (Å²) >= 11 is 0. The number of fused-ring (bicyclic) bond motifs is 1. The molecule has 96 valence electrons. The molecule has 0 aromatic carbocycles. The Morgan fingerprint density at radius 3 is 2.78 bits per heavy atom. The van der Waals surface area contributed by atoms with E-state index < -0.39 is 0 Å². The number of hydrogen-bond donors (Lipinski definition) is 2. The van der Waals surface area contributed by atoms with Crippen molar-refractivity contribution in [2.45, 2.75) is 26.8 Å². The summed E-state index contributed by atoms with van der Waals surface area (Å²) in [6, 6.07) is 0.0173. The summed E-state index contributed by atoms with van der Waals surface area (Å²) in [7, 11) is 0. The Bertz CT molecular complexity index is 652. The van der Waals surface area contributed by atoms with Crippen LogP contribution in [0.15, 0.2) is 23.3 Å². The minimum Gasteiger partial charge on any atom is -0.369 e. The van der Waals surface area contributed by atoms with Gasteiger partial charge in [-0.25, -0.2) is 4.98 Å². The Morgan fingerprint density at radius 1 is 1.50 bits per heavy atom. The van der Waals surface area contributed by atoms with Crippen LogP contribution in [-0.4, -0.2) is 19.5 Å². The number of nitrogens with two attached hydrogens (primary N) is 1. The Labute approximate surface area is 105 Å². The number of aromatic amines is 1. The molecule has 0 spiro atoms. The third-order valence-corrected chi connectivity index (χ3v) is 3.15. The van der Waals surface area contributed by atoms with E-state index in [4.69, 9.17) is 5.73 Å². The average molecular weight is 247 g/mol. The molecule has 0 aliphatic rings. The van der Waals surface area contributed by atoms with E-state index in [9.17, 15) is 4.79 Å². The molecule has 0 amide bonds. The number of imidazole rings is 1. The van der Waals surface area contributed by atoms with Crippen LogP contribution >= 0.6 is 0 Å². The zero-order valence-electron chi connectivity index (χ0n) is 10.8. The molecule has 6 nitrogen and oxygen atoms in total. The van der Waals surface area contributed by atoms with Gasteiger partial charge in [-0.3, -0.25) is 9.78 Å². The summed E-state index contributed by atoms with van der Waals surface area (Å²) < 4.78 is 1.82. The highest BCUT2D eigenvalue weighted by Gasteiger charge is 2.17. The van der Waals surface area contributed by atoms with Gasteiger partial charge in [0.05, 0.1) is 12.4 Å². The number of rotatable bonds is 3.